The molecule has 2 heterocycles. The van der Waals surface area contributed by atoms with Crippen molar-refractivity contribution < 1.29 is 29.9 Å². The molecule has 2 aliphatic heterocycles. The van der Waals surface area contributed by atoms with E-state index in [9.17, 15) is 20.4 Å². The summed E-state index contributed by atoms with van der Waals surface area (Å²) < 4.78 is 11.0. The van der Waals surface area contributed by atoms with E-state index in [1.165, 1.54) is 0 Å². The van der Waals surface area contributed by atoms with Crippen LogP contribution in [0.3, 0.4) is 0 Å². The maximum Gasteiger partial charge on any atom is 0.161 e. The van der Waals surface area contributed by atoms with Gasteiger partial charge in [-0.05, 0) is 24.1 Å². The Kier molecular flexibility index (Phi) is 5.03. The van der Waals surface area contributed by atoms with Gasteiger partial charge in [0.2, 0.25) is 0 Å². The van der Waals surface area contributed by atoms with Crippen molar-refractivity contribution in [3.8, 4) is 11.5 Å². The van der Waals surface area contributed by atoms with Crippen LogP contribution < -0.4 is 9.47 Å². The average molecular weight is 325 g/mol. The normalized spacial score (nSPS) is 31.1. The predicted octanol–water partition coefficient (Wildman–Crippen LogP) is -1.24. The molecule has 128 valence electrons. The highest BCUT2D eigenvalue weighted by Gasteiger charge is 2.40. The van der Waals surface area contributed by atoms with Crippen molar-refractivity contribution in [1.82, 2.24) is 4.90 Å². The van der Waals surface area contributed by atoms with Gasteiger partial charge in [0.25, 0.3) is 0 Å². The van der Waals surface area contributed by atoms with Crippen molar-refractivity contribution in [2.45, 2.75) is 30.8 Å². The van der Waals surface area contributed by atoms with Crippen LogP contribution in [-0.4, -0.2) is 82.6 Å². The zero-order chi connectivity index (χ0) is 16.4. The van der Waals surface area contributed by atoms with E-state index >= 15 is 0 Å². The minimum atomic E-state index is -1.22. The molecule has 3 rings (SSSR count). The molecule has 1 aromatic rings. The molecule has 0 bridgehead atoms. The number of ether oxygens (including phenoxy) is 2. The second-order valence-electron chi connectivity index (χ2n) is 6.02. The Morgan fingerprint density at radius 2 is 1.78 bits per heavy atom. The van der Waals surface area contributed by atoms with E-state index in [0.717, 1.165) is 17.1 Å². The summed E-state index contributed by atoms with van der Waals surface area (Å²) in [5.41, 5.74) is 1.04. The summed E-state index contributed by atoms with van der Waals surface area (Å²) >= 11 is 0. The van der Waals surface area contributed by atoms with Gasteiger partial charge in [-0.1, -0.05) is 6.07 Å². The third-order valence-corrected chi connectivity index (χ3v) is 4.51. The summed E-state index contributed by atoms with van der Waals surface area (Å²) in [6.45, 7) is 1.58. The Balaban J connectivity index is 1.65. The van der Waals surface area contributed by atoms with Crippen molar-refractivity contribution >= 4 is 0 Å². The summed E-state index contributed by atoms with van der Waals surface area (Å²) in [5.74, 6) is 1.46. The number of aliphatic hydroxyl groups is 4. The molecule has 23 heavy (non-hydrogen) atoms. The smallest absolute Gasteiger partial charge is 0.161 e. The van der Waals surface area contributed by atoms with Crippen LogP contribution in [0.5, 0.6) is 11.5 Å². The fraction of sp³-hybridized carbons (Fsp3) is 0.625. The van der Waals surface area contributed by atoms with Gasteiger partial charge in [0, 0.05) is 13.1 Å². The van der Waals surface area contributed by atoms with Crippen molar-refractivity contribution in [2.24, 2.45) is 0 Å². The van der Waals surface area contributed by atoms with Gasteiger partial charge < -0.3 is 29.9 Å². The minimum Gasteiger partial charge on any atom is -0.486 e. The molecule has 2 aliphatic rings. The maximum absolute atomic E-state index is 9.99. The number of rotatable bonds is 4. The first kappa shape index (κ1) is 16.5. The van der Waals surface area contributed by atoms with Crippen molar-refractivity contribution in [2.75, 3.05) is 32.9 Å². The van der Waals surface area contributed by atoms with Gasteiger partial charge in [-0.25, -0.2) is 0 Å². The third kappa shape index (κ3) is 3.44. The lowest BCUT2D eigenvalue weighted by atomic mass is 9.94. The van der Waals surface area contributed by atoms with Gasteiger partial charge in [0.05, 0.1) is 18.8 Å². The zero-order valence-electron chi connectivity index (χ0n) is 12.8. The van der Waals surface area contributed by atoms with Gasteiger partial charge in [-0.15, -0.1) is 0 Å². The number of likely N-dealkylation sites (tertiary alicyclic amines) is 1. The lowest BCUT2D eigenvalue weighted by molar-refractivity contribution is -0.144. The molecule has 7 heteroatoms. The van der Waals surface area contributed by atoms with E-state index in [4.69, 9.17) is 9.47 Å². The number of hydrogen-bond donors (Lipinski definition) is 4. The Labute approximate surface area is 134 Å². The highest BCUT2D eigenvalue weighted by Crippen LogP contribution is 2.31. The first-order valence-electron chi connectivity index (χ1n) is 7.88. The summed E-state index contributed by atoms with van der Waals surface area (Å²) in [6, 6.07) is 5.17. The van der Waals surface area contributed by atoms with Crippen LogP contribution in [0.1, 0.15) is 5.56 Å². The molecule has 1 saturated heterocycles. The molecule has 1 aromatic carbocycles. The number of fused-ring (bicyclic) bond motifs is 1. The van der Waals surface area contributed by atoms with Crippen molar-refractivity contribution in [1.29, 1.82) is 0 Å². The van der Waals surface area contributed by atoms with E-state index in [1.54, 1.807) is 4.90 Å². The maximum atomic E-state index is 9.99. The van der Waals surface area contributed by atoms with E-state index in [2.05, 4.69) is 0 Å². The van der Waals surface area contributed by atoms with E-state index in [1.807, 2.05) is 18.2 Å². The molecule has 4 N–H and O–H groups in total. The first-order valence-corrected chi connectivity index (χ1v) is 7.88. The van der Waals surface area contributed by atoms with Gasteiger partial charge in [0.1, 0.15) is 25.4 Å². The summed E-state index contributed by atoms with van der Waals surface area (Å²) in [7, 11) is 0. The third-order valence-electron chi connectivity index (χ3n) is 4.51. The topological polar surface area (TPSA) is 103 Å². The number of piperidine rings is 1. The summed E-state index contributed by atoms with van der Waals surface area (Å²) in [6.07, 6.45) is -2.74. The molecular weight excluding hydrogens is 302 g/mol. The number of benzene rings is 1. The van der Waals surface area contributed by atoms with Crippen LogP contribution in [-0.2, 0) is 6.42 Å². The summed E-state index contributed by atoms with van der Waals surface area (Å²) in [4.78, 5) is 1.80. The van der Waals surface area contributed by atoms with Gasteiger partial charge in [0.15, 0.2) is 11.5 Å². The largest absolute Gasteiger partial charge is 0.486 e. The molecule has 7 nitrogen and oxygen atoms in total. The monoisotopic (exact) mass is 325 g/mol. The van der Waals surface area contributed by atoms with Crippen LogP contribution in [0.15, 0.2) is 18.2 Å². The van der Waals surface area contributed by atoms with E-state index in [0.29, 0.717) is 26.2 Å². The minimum absolute atomic E-state index is 0.216. The molecule has 4 atom stereocenters. The SMILES string of the molecule is OC[C@H]1[C@@H](O)[C@H](O)[C@@H](O)CN1CCc1ccc2c(c1)OCCO2. The highest BCUT2D eigenvalue weighted by atomic mass is 16.6. The number of aliphatic hydroxyl groups excluding tert-OH is 4. The second kappa shape index (κ2) is 7.02. The average Bonchev–Trinajstić information content (AvgIpc) is 2.58. The van der Waals surface area contributed by atoms with Gasteiger partial charge >= 0.3 is 0 Å². The Hall–Kier alpha value is -1.38. The van der Waals surface area contributed by atoms with Gasteiger partial charge in [-0.3, -0.25) is 4.90 Å². The highest BCUT2D eigenvalue weighted by molar-refractivity contribution is 5.43. The standard InChI is InChI=1S/C16H23NO6/c18-9-11-15(20)16(21)12(19)8-17(11)4-3-10-1-2-13-14(7-10)23-6-5-22-13/h1-2,7,11-12,15-16,18-21H,3-6,8-9H2/t11-,12-,15+,16+/m0/s1. The Morgan fingerprint density at radius 1 is 1.04 bits per heavy atom. The molecule has 1 fully saturated rings. The number of β-amino-alcohol motifs (C(OH)–C–C–N with tert-alkyl or cyclic N) is 1. The van der Waals surface area contributed by atoms with Crippen LogP contribution in [0, 0.1) is 0 Å². The molecule has 0 spiro atoms. The van der Waals surface area contributed by atoms with Crippen molar-refractivity contribution in [3.63, 3.8) is 0 Å². The van der Waals surface area contributed by atoms with Crippen LogP contribution in [0.25, 0.3) is 0 Å². The molecule has 0 saturated carbocycles. The fourth-order valence-electron chi connectivity index (χ4n) is 3.15. The quantitative estimate of drug-likeness (QED) is 0.549. The van der Waals surface area contributed by atoms with Crippen LogP contribution in [0.2, 0.25) is 0 Å². The zero-order valence-corrected chi connectivity index (χ0v) is 12.8. The van der Waals surface area contributed by atoms with E-state index < -0.39 is 24.4 Å². The Bertz CT molecular complexity index is 539. The molecular formula is C16H23NO6. The molecule has 0 unspecified atom stereocenters. The molecule has 0 radical (unpaired) electrons. The fourth-order valence-corrected chi connectivity index (χ4v) is 3.15. The predicted molar refractivity (Wildman–Crippen MR) is 81.6 cm³/mol. The van der Waals surface area contributed by atoms with Gasteiger partial charge in [-0.2, -0.15) is 0 Å². The van der Waals surface area contributed by atoms with Crippen LogP contribution in [0.4, 0.5) is 0 Å². The number of nitrogens with zero attached hydrogens (tertiary/aromatic N) is 1. The molecule has 0 aromatic heterocycles. The van der Waals surface area contributed by atoms with E-state index in [-0.39, 0.29) is 13.2 Å². The lowest BCUT2D eigenvalue weighted by Crippen LogP contribution is -2.62. The molecule has 0 amide bonds. The molecule has 0 aliphatic carbocycles. The lowest BCUT2D eigenvalue weighted by Gasteiger charge is -2.43. The first-order chi connectivity index (χ1) is 11.1. The van der Waals surface area contributed by atoms with Crippen LogP contribution >= 0.6 is 0 Å². The summed E-state index contributed by atoms with van der Waals surface area (Å²) in [5, 5.41) is 39.0. The Morgan fingerprint density at radius 3 is 2.52 bits per heavy atom. The van der Waals surface area contributed by atoms with Crippen molar-refractivity contribution in [3.05, 3.63) is 23.8 Å². The second-order valence-corrected chi connectivity index (χ2v) is 6.02. The number of hydrogen-bond acceptors (Lipinski definition) is 7.